The topological polar surface area (TPSA) is 207 Å². The quantitative estimate of drug-likeness (QED) is 0.0764. The van der Waals surface area contributed by atoms with Gasteiger partial charge in [0.25, 0.3) is 5.09 Å². The molecular weight excluding hydrogens is 602 g/mol. The predicted octanol–water partition coefficient (Wildman–Crippen LogP) is 4.23. The number of aliphatic hydroxyl groups is 1. The summed E-state index contributed by atoms with van der Waals surface area (Å²) in [5.74, 6) is -0.258. The van der Waals surface area contributed by atoms with E-state index in [1.165, 1.54) is 13.8 Å². The average Bonchev–Trinajstić information content (AvgIpc) is 3.63. The van der Waals surface area contributed by atoms with Crippen molar-refractivity contribution >= 4 is 12.1 Å². The molecule has 244 valence electrons. The number of rotatable bonds is 16. The first kappa shape index (κ1) is 33.5. The third kappa shape index (κ3) is 8.62. The highest BCUT2D eigenvalue weighted by atomic mass is 16.9. The molecule has 0 unspecified atom stereocenters. The lowest BCUT2D eigenvalue weighted by Gasteiger charge is -2.16. The Balaban J connectivity index is 1.44. The number of benzene rings is 2. The fraction of sp³-hybridized carbons (Fsp3) is 0.400. The lowest BCUT2D eigenvalue weighted by Crippen LogP contribution is -2.22. The Morgan fingerprint density at radius 1 is 1.02 bits per heavy atom. The van der Waals surface area contributed by atoms with E-state index in [-0.39, 0.29) is 37.9 Å². The molecule has 0 saturated carbocycles. The SMILES string of the molecule is CCCc1nc(C(C)(C)O)c(C(=O)O)n1Cc1ccc(-c2ccccc2-c2nnn(COC(=O)OCCCCO[N+](=O)[O-])n2)cc1. The van der Waals surface area contributed by atoms with Crippen molar-refractivity contribution in [1.82, 2.24) is 29.8 Å². The molecular formula is C30H35N7O9. The van der Waals surface area contributed by atoms with Crippen molar-refractivity contribution < 1.29 is 39.2 Å². The molecule has 0 radical (unpaired) electrons. The highest BCUT2D eigenvalue weighted by Crippen LogP contribution is 2.31. The molecule has 0 saturated heterocycles. The summed E-state index contributed by atoms with van der Waals surface area (Å²) in [6.07, 6.45) is 1.08. The van der Waals surface area contributed by atoms with Crippen LogP contribution in [-0.2, 0) is 39.6 Å². The highest BCUT2D eigenvalue weighted by Gasteiger charge is 2.31. The molecule has 0 bridgehead atoms. The molecule has 4 aromatic rings. The largest absolute Gasteiger partial charge is 0.510 e. The van der Waals surface area contributed by atoms with Crippen LogP contribution in [0.3, 0.4) is 0 Å². The third-order valence-corrected chi connectivity index (χ3v) is 6.78. The molecule has 0 amide bonds. The van der Waals surface area contributed by atoms with Gasteiger partial charge < -0.3 is 29.1 Å². The first-order valence-electron chi connectivity index (χ1n) is 14.6. The van der Waals surface area contributed by atoms with E-state index < -0.39 is 22.8 Å². The number of carbonyl (C=O) groups excluding carboxylic acids is 1. The Bertz CT molecular complexity index is 1660. The van der Waals surface area contributed by atoms with Gasteiger partial charge in [-0.2, -0.15) is 0 Å². The molecule has 0 aliphatic carbocycles. The molecule has 46 heavy (non-hydrogen) atoms. The molecule has 0 aliphatic heterocycles. The summed E-state index contributed by atoms with van der Waals surface area (Å²) in [5.41, 5.74) is 1.89. The van der Waals surface area contributed by atoms with Gasteiger partial charge >= 0.3 is 12.1 Å². The zero-order valence-electron chi connectivity index (χ0n) is 25.7. The predicted molar refractivity (Wildman–Crippen MR) is 161 cm³/mol. The molecule has 0 aliphatic rings. The number of carboxylic acid groups (broad SMARTS) is 1. The fourth-order valence-electron chi connectivity index (χ4n) is 4.69. The number of nitrogens with zero attached hydrogens (tertiary/aromatic N) is 7. The number of aryl methyl sites for hydroxylation is 1. The Hall–Kier alpha value is -5.38. The number of tetrazole rings is 1. The number of carbonyl (C=O) groups is 2. The second-order valence-corrected chi connectivity index (χ2v) is 10.8. The molecule has 0 atom stereocenters. The number of aromatic carboxylic acids is 1. The van der Waals surface area contributed by atoms with Gasteiger partial charge in [-0.1, -0.05) is 55.5 Å². The van der Waals surface area contributed by atoms with Crippen molar-refractivity contribution in [2.45, 2.75) is 65.3 Å². The molecule has 0 fully saturated rings. The third-order valence-electron chi connectivity index (χ3n) is 6.78. The van der Waals surface area contributed by atoms with E-state index in [1.54, 1.807) is 4.57 Å². The van der Waals surface area contributed by atoms with Crippen molar-refractivity contribution in [1.29, 1.82) is 0 Å². The first-order chi connectivity index (χ1) is 22.0. The summed E-state index contributed by atoms with van der Waals surface area (Å²) >= 11 is 0. The molecule has 0 spiro atoms. The summed E-state index contributed by atoms with van der Waals surface area (Å²) in [5, 5.41) is 42.2. The van der Waals surface area contributed by atoms with Crippen LogP contribution in [0.4, 0.5) is 4.79 Å². The minimum absolute atomic E-state index is 0.00687. The van der Waals surface area contributed by atoms with Crippen LogP contribution in [0.15, 0.2) is 48.5 Å². The van der Waals surface area contributed by atoms with Gasteiger partial charge in [0.2, 0.25) is 12.6 Å². The summed E-state index contributed by atoms with van der Waals surface area (Å²) in [6, 6.07) is 15.1. The van der Waals surface area contributed by atoms with Crippen LogP contribution >= 0.6 is 0 Å². The second-order valence-electron chi connectivity index (χ2n) is 10.8. The normalized spacial score (nSPS) is 11.3. The van der Waals surface area contributed by atoms with E-state index >= 15 is 0 Å². The van der Waals surface area contributed by atoms with Gasteiger partial charge in [-0.05, 0) is 55.0 Å². The van der Waals surface area contributed by atoms with Crippen molar-refractivity contribution in [3.8, 4) is 22.5 Å². The highest BCUT2D eigenvalue weighted by molar-refractivity contribution is 5.87. The van der Waals surface area contributed by atoms with Crippen molar-refractivity contribution in [2.75, 3.05) is 13.2 Å². The smallest absolute Gasteiger partial charge is 0.477 e. The number of unbranched alkanes of at least 4 members (excludes halogenated alkanes) is 1. The van der Waals surface area contributed by atoms with E-state index in [4.69, 9.17) is 9.47 Å². The van der Waals surface area contributed by atoms with E-state index in [0.717, 1.165) is 27.9 Å². The van der Waals surface area contributed by atoms with E-state index in [0.29, 0.717) is 36.5 Å². The van der Waals surface area contributed by atoms with Crippen LogP contribution in [0.2, 0.25) is 0 Å². The van der Waals surface area contributed by atoms with Crippen LogP contribution in [0.5, 0.6) is 0 Å². The maximum Gasteiger partial charge on any atom is 0.510 e. The molecule has 2 N–H and O–H groups in total. The van der Waals surface area contributed by atoms with Gasteiger partial charge in [-0.3, -0.25) is 0 Å². The number of hydrogen-bond acceptors (Lipinski definition) is 12. The number of carboxylic acids is 1. The molecule has 16 heteroatoms. The number of aromatic nitrogens is 6. The zero-order chi connectivity index (χ0) is 33.3. The summed E-state index contributed by atoms with van der Waals surface area (Å²) < 4.78 is 11.6. The van der Waals surface area contributed by atoms with Crippen LogP contribution < -0.4 is 0 Å². The van der Waals surface area contributed by atoms with Gasteiger partial charge in [-0.15, -0.1) is 25.1 Å². The number of hydrogen-bond donors (Lipinski definition) is 2. The van der Waals surface area contributed by atoms with E-state index in [9.17, 15) is 29.9 Å². The lowest BCUT2D eigenvalue weighted by atomic mass is 9.98. The molecule has 2 aromatic carbocycles. The molecule has 16 nitrogen and oxygen atoms in total. The van der Waals surface area contributed by atoms with Crippen LogP contribution in [-0.4, -0.2) is 70.4 Å². The Morgan fingerprint density at radius 3 is 2.37 bits per heavy atom. The average molecular weight is 638 g/mol. The maximum atomic E-state index is 12.2. The van der Waals surface area contributed by atoms with Gasteiger partial charge in [0.15, 0.2) is 5.69 Å². The van der Waals surface area contributed by atoms with E-state index in [1.807, 2.05) is 55.5 Å². The first-order valence-corrected chi connectivity index (χ1v) is 14.6. The van der Waals surface area contributed by atoms with Gasteiger partial charge in [-0.25, -0.2) is 14.6 Å². The molecule has 2 aromatic heterocycles. The van der Waals surface area contributed by atoms with Crippen molar-refractivity contribution in [3.63, 3.8) is 0 Å². The van der Waals surface area contributed by atoms with Crippen LogP contribution in [0, 0.1) is 10.1 Å². The van der Waals surface area contributed by atoms with Crippen molar-refractivity contribution in [3.05, 3.63) is 81.4 Å². The molecule has 4 rings (SSSR count). The summed E-state index contributed by atoms with van der Waals surface area (Å²) in [7, 11) is 0. The standard InChI is InChI=1S/C30H35N7O9/c1-4-9-24-31-26(30(2,3)41)25(28(38)39)35(24)18-20-12-14-21(15-13-20)22-10-5-6-11-23(22)27-32-34-36(33-27)19-45-29(40)44-16-7-8-17-46-37(42)43/h5-6,10-15,41H,4,7-9,16-19H2,1-3H3,(H,38,39). The Labute approximate surface area is 263 Å². The van der Waals surface area contributed by atoms with E-state index in [2.05, 4.69) is 25.2 Å². The van der Waals surface area contributed by atoms with Gasteiger partial charge in [0.1, 0.15) is 17.1 Å². The van der Waals surface area contributed by atoms with Gasteiger partial charge in [0.05, 0.1) is 13.2 Å². The van der Waals surface area contributed by atoms with Crippen LogP contribution in [0.1, 0.15) is 67.6 Å². The van der Waals surface area contributed by atoms with Crippen LogP contribution in [0.25, 0.3) is 22.5 Å². The Morgan fingerprint density at radius 2 is 1.72 bits per heavy atom. The van der Waals surface area contributed by atoms with Gasteiger partial charge in [0, 0.05) is 18.5 Å². The monoisotopic (exact) mass is 637 g/mol. The van der Waals surface area contributed by atoms with Crippen molar-refractivity contribution in [2.24, 2.45) is 0 Å². The Kier molecular flexibility index (Phi) is 11.0. The molecule has 2 heterocycles. The zero-order valence-corrected chi connectivity index (χ0v) is 25.7. The number of ether oxygens (including phenoxy) is 2. The minimum Gasteiger partial charge on any atom is -0.477 e. The minimum atomic E-state index is -1.42. The lowest BCUT2D eigenvalue weighted by molar-refractivity contribution is -0.757. The maximum absolute atomic E-state index is 12.2. The fourth-order valence-corrected chi connectivity index (χ4v) is 4.69. The summed E-state index contributed by atoms with van der Waals surface area (Å²) in [4.78, 5) is 44.0. The second kappa shape index (κ2) is 15.1. The number of imidazole rings is 1. The summed E-state index contributed by atoms with van der Waals surface area (Å²) in [6.45, 7) is 4.86.